The van der Waals surface area contributed by atoms with E-state index in [4.69, 9.17) is 4.98 Å². The SMILES string of the molecule is Cc1ccccc1-c1cc(C(=O)NCCCN2CCCCC2)c2cnn(C(C)C)c2n1. The first-order chi connectivity index (χ1) is 15.0. The van der Waals surface area contributed by atoms with Crippen LogP contribution in [0.4, 0.5) is 0 Å². The minimum Gasteiger partial charge on any atom is -0.352 e. The summed E-state index contributed by atoms with van der Waals surface area (Å²) in [6, 6.07) is 10.2. The molecule has 1 fully saturated rings. The molecule has 6 heteroatoms. The van der Waals surface area contributed by atoms with Crippen LogP contribution in [0.3, 0.4) is 0 Å². The molecule has 0 aliphatic carbocycles. The van der Waals surface area contributed by atoms with Crippen LogP contribution in [0.15, 0.2) is 36.5 Å². The highest BCUT2D eigenvalue weighted by Crippen LogP contribution is 2.28. The van der Waals surface area contributed by atoms with Crippen molar-refractivity contribution in [2.45, 2.75) is 52.5 Å². The van der Waals surface area contributed by atoms with Crippen LogP contribution in [0.1, 0.15) is 61.5 Å². The number of benzene rings is 1. The van der Waals surface area contributed by atoms with E-state index in [1.54, 1.807) is 6.20 Å². The van der Waals surface area contributed by atoms with E-state index in [2.05, 4.69) is 48.2 Å². The summed E-state index contributed by atoms with van der Waals surface area (Å²) in [5, 5.41) is 8.46. The Kier molecular flexibility index (Phi) is 6.66. The topological polar surface area (TPSA) is 63.1 Å². The van der Waals surface area contributed by atoms with Crippen molar-refractivity contribution in [3.63, 3.8) is 0 Å². The normalized spacial score (nSPS) is 15.0. The molecule has 1 N–H and O–H groups in total. The zero-order valence-electron chi connectivity index (χ0n) is 18.9. The standard InChI is InChI=1S/C25H33N5O/c1-18(2)30-24-22(17-27-30)21(16-23(28-24)20-11-6-5-10-19(20)3)25(31)26-12-9-15-29-13-7-4-8-14-29/h5-6,10-11,16-18H,4,7-9,12-15H2,1-3H3,(H,26,31). The summed E-state index contributed by atoms with van der Waals surface area (Å²) in [4.78, 5) is 20.6. The van der Waals surface area contributed by atoms with Crippen LogP contribution in [0.2, 0.25) is 0 Å². The fourth-order valence-corrected chi connectivity index (χ4v) is 4.36. The third-order valence-corrected chi connectivity index (χ3v) is 6.11. The van der Waals surface area contributed by atoms with Crippen LogP contribution in [0.5, 0.6) is 0 Å². The van der Waals surface area contributed by atoms with Gasteiger partial charge in [0.25, 0.3) is 5.91 Å². The van der Waals surface area contributed by atoms with Crippen molar-refractivity contribution in [2.75, 3.05) is 26.2 Å². The molecule has 164 valence electrons. The number of piperidine rings is 1. The second-order valence-corrected chi connectivity index (χ2v) is 8.80. The lowest BCUT2D eigenvalue weighted by atomic mass is 10.0. The summed E-state index contributed by atoms with van der Waals surface area (Å²) in [5.41, 5.74) is 4.40. The minimum absolute atomic E-state index is 0.0517. The van der Waals surface area contributed by atoms with Crippen molar-refractivity contribution in [3.8, 4) is 11.3 Å². The molecular formula is C25H33N5O. The summed E-state index contributed by atoms with van der Waals surface area (Å²) < 4.78 is 1.89. The molecule has 1 aliphatic heterocycles. The first kappa shape index (κ1) is 21.5. The Hall–Kier alpha value is -2.73. The third kappa shape index (κ3) is 4.79. The lowest BCUT2D eigenvalue weighted by molar-refractivity contribution is 0.0952. The fourth-order valence-electron chi connectivity index (χ4n) is 4.36. The van der Waals surface area contributed by atoms with E-state index in [9.17, 15) is 4.79 Å². The van der Waals surface area contributed by atoms with Crippen LogP contribution < -0.4 is 5.32 Å². The van der Waals surface area contributed by atoms with Crippen LogP contribution >= 0.6 is 0 Å². The summed E-state index contributed by atoms with van der Waals surface area (Å²) in [7, 11) is 0. The Labute approximate surface area is 184 Å². The van der Waals surface area contributed by atoms with Gasteiger partial charge in [0.15, 0.2) is 5.65 Å². The number of pyridine rings is 1. The minimum atomic E-state index is -0.0517. The van der Waals surface area contributed by atoms with E-state index in [1.807, 2.05) is 22.9 Å². The number of carbonyl (C=O) groups excluding carboxylic acids is 1. The molecule has 0 unspecified atom stereocenters. The predicted molar refractivity (Wildman–Crippen MR) is 125 cm³/mol. The molecule has 0 radical (unpaired) electrons. The maximum atomic E-state index is 13.2. The van der Waals surface area contributed by atoms with E-state index in [0.717, 1.165) is 40.8 Å². The van der Waals surface area contributed by atoms with Gasteiger partial charge < -0.3 is 10.2 Å². The fraction of sp³-hybridized carbons (Fsp3) is 0.480. The summed E-state index contributed by atoms with van der Waals surface area (Å²) >= 11 is 0. The second-order valence-electron chi connectivity index (χ2n) is 8.80. The smallest absolute Gasteiger partial charge is 0.252 e. The number of hydrogen-bond donors (Lipinski definition) is 1. The number of amides is 1. The van der Waals surface area contributed by atoms with Gasteiger partial charge in [-0.15, -0.1) is 0 Å². The van der Waals surface area contributed by atoms with Crippen LogP contribution in [-0.2, 0) is 0 Å². The Morgan fingerprint density at radius 2 is 1.94 bits per heavy atom. The van der Waals surface area contributed by atoms with Crippen molar-refractivity contribution < 1.29 is 4.79 Å². The quantitative estimate of drug-likeness (QED) is 0.569. The van der Waals surface area contributed by atoms with E-state index in [0.29, 0.717) is 12.1 Å². The Morgan fingerprint density at radius 1 is 1.16 bits per heavy atom. The van der Waals surface area contributed by atoms with Crippen molar-refractivity contribution in [2.24, 2.45) is 0 Å². The second kappa shape index (κ2) is 9.60. The molecule has 0 bridgehead atoms. The Morgan fingerprint density at radius 3 is 2.68 bits per heavy atom. The lowest BCUT2D eigenvalue weighted by Gasteiger charge is -2.26. The Bertz CT molecular complexity index is 1050. The maximum Gasteiger partial charge on any atom is 0.252 e. The molecule has 31 heavy (non-hydrogen) atoms. The van der Waals surface area contributed by atoms with E-state index < -0.39 is 0 Å². The summed E-state index contributed by atoms with van der Waals surface area (Å²) in [6.07, 6.45) is 6.67. The van der Waals surface area contributed by atoms with Gasteiger partial charge in [-0.3, -0.25) is 4.79 Å². The molecule has 1 aromatic carbocycles. The van der Waals surface area contributed by atoms with Gasteiger partial charge in [-0.25, -0.2) is 9.67 Å². The molecule has 0 saturated carbocycles. The first-order valence-corrected chi connectivity index (χ1v) is 11.5. The van der Waals surface area contributed by atoms with Gasteiger partial charge in [0, 0.05) is 18.2 Å². The molecule has 1 aliphatic rings. The number of aromatic nitrogens is 3. The van der Waals surface area contributed by atoms with Gasteiger partial charge in [0.2, 0.25) is 0 Å². The van der Waals surface area contributed by atoms with Crippen molar-refractivity contribution in [1.29, 1.82) is 0 Å². The highest BCUT2D eigenvalue weighted by atomic mass is 16.1. The summed E-state index contributed by atoms with van der Waals surface area (Å²) in [5.74, 6) is -0.0517. The summed E-state index contributed by atoms with van der Waals surface area (Å²) in [6.45, 7) is 10.3. The predicted octanol–water partition coefficient (Wildman–Crippen LogP) is 4.59. The van der Waals surface area contributed by atoms with Crippen LogP contribution in [-0.4, -0.2) is 51.8 Å². The number of carbonyl (C=O) groups is 1. The molecule has 1 saturated heterocycles. The first-order valence-electron chi connectivity index (χ1n) is 11.5. The third-order valence-electron chi connectivity index (χ3n) is 6.11. The van der Waals surface area contributed by atoms with Gasteiger partial charge in [0.1, 0.15) is 0 Å². The number of nitrogens with zero attached hydrogens (tertiary/aromatic N) is 4. The monoisotopic (exact) mass is 419 g/mol. The zero-order chi connectivity index (χ0) is 21.8. The molecular weight excluding hydrogens is 386 g/mol. The largest absolute Gasteiger partial charge is 0.352 e. The molecule has 3 aromatic rings. The molecule has 3 heterocycles. The average molecular weight is 420 g/mol. The number of hydrogen-bond acceptors (Lipinski definition) is 4. The molecule has 2 aromatic heterocycles. The van der Waals surface area contributed by atoms with Crippen molar-refractivity contribution >= 4 is 16.9 Å². The zero-order valence-corrected chi connectivity index (χ0v) is 18.9. The van der Waals surface area contributed by atoms with E-state index in [-0.39, 0.29) is 11.9 Å². The molecule has 0 atom stereocenters. The number of likely N-dealkylation sites (tertiary alicyclic amines) is 1. The molecule has 4 rings (SSSR count). The van der Waals surface area contributed by atoms with Crippen LogP contribution in [0, 0.1) is 6.92 Å². The van der Waals surface area contributed by atoms with Gasteiger partial charge in [-0.2, -0.15) is 5.10 Å². The van der Waals surface area contributed by atoms with Crippen LogP contribution in [0.25, 0.3) is 22.3 Å². The van der Waals surface area contributed by atoms with Crippen molar-refractivity contribution in [3.05, 3.63) is 47.7 Å². The molecule has 6 nitrogen and oxygen atoms in total. The number of fused-ring (bicyclic) bond motifs is 1. The van der Waals surface area contributed by atoms with Gasteiger partial charge >= 0.3 is 0 Å². The number of aryl methyl sites for hydroxylation is 1. The molecule has 1 amide bonds. The maximum absolute atomic E-state index is 13.2. The lowest BCUT2D eigenvalue weighted by Crippen LogP contribution is -2.33. The van der Waals surface area contributed by atoms with E-state index >= 15 is 0 Å². The van der Waals surface area contributed by atoms with Gasteiger partial charge in [-0.05, 0) is 71.3 Å². The highest BCUT2D eigenvalue weighted by Gasteiger charge is 2.19. The Balaban J connectivity index is 1.58. The van der Waals surface area contributed by atoms with E-state index in [1.165, 1.54) is 32.4 Å². The average Bonchev–Trinajstić information content (AvgIpc) is 3.21. The molecule has 0 spiro atoms. The highest BCUT2D eigenvalue weighted by molar-refractivity contribution is 6.06. The number of nitrogens with one attached hydrogen (secondary N) is 1. The number of rotatable bonds is 7. The van der Waals surface area contributed by atoms with Crippen molar-refractivity contribution in [1.82, 2.24) is 25.0 Å². The van der Waals surface area contributed by atoms with Gasteiger partial charge in [0.05, 0.1) is 22.8 Å². The van der Waals surface area contributed by atoms with Gasteiger partial charge in [-0.1, -0.05) is 30.7 Å².